The van der Waals surface area contributed by atoms with Crippen LogP contribution in [0.1, 0.15) is 22.8 Å². The maximum atomic E-state index is 12.6. The van der Waals surface area contributed by atoms with E-state index in [0.717, 1.165) is 5.56 Å². The summed E-state index contributed by atoms with van der Waals surface area (Å²) >= 11 is 0. The van der Waals surface area contributed by atoms with Gasteiger partial charge in [0, 0.05) is 0 Å². The topological polar surface area (TPSA) is 88.9 Å². The zero-order valence-corrected chi connectivity index (χ0v) is 15.4. The number of nitrogens with zero attached hydrogens (tertiary/aromatic N) is 2. The Labute approximate surface area is 163 Å². The lowest BCUT2D eigenvalue weighted by Crippen LogP contribution is -2.45. The van der Waals surface area contributed by atoms with Crippen LogP contribution < -0.4 is 0 Å². The van der Waals surface area contributed by atoms with Gasteiger partial charge in [-0.2, -0.15) is 10.3 Å². The van der Waals surface area contributed by atoms with Crippen molar-refractivity contribution in [1.82, 2.24) is 5.06 Å². The van der Waals surface area contributed by atoms with E-state index in [1.165, 1.54) is 5.06 Å². The first-order valence-corrected chi connectivity index (χ1v) is 8.93. The molecular formula is C21H20N2O5. The summed E-state index contributed by atoms with van der Waals surface area (Å²) in [5.41, 5.74) is 1.20. The molecule has 1 saturated heterocycles. The molecule has 0 N–H and O–H groups in total. The van der Waals surface area contributed by atoms with Gasteiger partial charge in [0.2, 0.25) is 6.10 Å². The van der Waals surface area contributed by atoms with Crippen LogP contribution in [0.2, 0.25) is 0 Å². The highest BCUT2D eigenvalue weighted by atomic mass is 16.7. The Kier molecular flexibility index (Phi) is 6.37. The van der Waals surface area contributed by atoms with Gasteiger partial charge in [-0.1, -0.05) is 48.5 Å². The molecule has 0 bridgehead atoms. The number of nitriles is 1. The molecule has 3 atom stereocenters. The standard InChI is InChI=1S/C21H20N2O5/c1-2-26-21(25)18-19(27-20(24)16-11-7-4-8-12-16)17(13-22)28-23(18)14-15-9-5-3-6-10-15/h3-12,17-19H,2,14H2,1H3/t17-,18+,19+/m0/s1. The summed E-state index contributed by atoms with van der Waals surface area (Å²) in [5.74, 6) is -1.24. The van der Waals surface area contributed by atoms with E-state index in [1.54, 1.807) is 37.3 Å². The maximum absolute atomic E-state index is 12.6. The quantitative estimate of drug-likeness (QED) is 0.711. The maximum Gasteiger partial charge on any atom is 0.338 e. The number of carbonyl (C=O) groups excluding carboxylic acids is 2. The Morgan fingerprint density at radius 3 is 2.36 bits per heavy atom. The Bertz CT molecular complexity index is 850. The van der Waals surface area contributed by atoms with Gasteiger partial charge >= 0.3 is 11.9 Å². The van der Waals surface area contributed by atoms with Crippen molar-refractivity contribution in [1.29, 1.82) is 5.26 Å². The number of esters is 2. The highest BCUT2D eigenvalue weighted by molar-refractivity contribution is 5.90. The van der Waals surface area contributed by atoms with E-state index in [0.29, 0.717) is 5.56 Å². The Morgan fingerprint density at radius 1 is 1.11 bits per heavy atom. The number of rotatable bonds is 6. The first-order valence-electron chi connectivity index (χ1n) is 8.93. The minimum atomic E-state index is -1.12. The van der Waals surface area contributed by atoms with Crippen LogP contribution in [-0.4, -0.2) is 41.9 Å². The van der Waals surface area contributed by atoms with E-state index < -0.39 is 30.2 Å². The van der Waals surface area contributed by atoms with Crippen molar-refractivity contribution in [2.75, 3.05) is 6.61 Å². The predicted molar refractivity (Wildman–Crippen MR) is 98.5 cm³/mol. The van der Waals surface area contributed by atoms with E-state index in [9.17, 15) is 14.9 Å². The van der Waals surface area contributed by atoms with Crippen LogP contribution in [0, 0.1) is 11.3 Å². The van der Waals surface area contributed by atoms with Gasteiger partial charge in [-0.25, -0.2) is 4.79 Å². The smallest absolute Gasteiger partial charge is 0.338 e. The first kappa shape index (κ1) is 19.5. The van der Waals surface area contributed by atoms with Crippen molar-refractivity contribution in [2.45, 2.75) is 31.7 Å². The second-order valence-corrected chi connectivity index (χ2v) is 6.15. The molecule has 2 aromatic rings. The predicted octanol–water partition coefficient (Wildman–Crippen LogP) is 2.48. The highest BCUT2D eigenvalue weighted by Crippen LogP contribution is 2.28. The lowest BCUT2D eigenvalue weighted by Gasteiger charge is -2.23. The average Bonchev–Trinajstić information content (AvgIpc) is 3.06. The van der Waals surface area contributed by atoms with Crippen LogP contribution in [0.4, 0.5) is 0 Å². The highest BCUT2D eigenvalue weighted by Gasteiger charge is 2.51. The average molecular weight is 380 g/mol. The van der Waals surface area contributed by atoms with E-state index in [4.69, 9.17) is 14.3 Å². The molecule has 0 aliphatic carbocycles. The molecule has 0 unspecified atom stereocenters. The molecule has 1 heterocycles. The monoisotopic (exact) mass is 380 g/mol. The minimum Gasteiger partial charge on any atom is -0.465 e. The van der Waals surface area contributed by atoms with E-state index in [-0.39, 0.29) is 13.2 Å². The summed E-state index contributed by atoms with van der Waals surface area (Å²) in [4.78, 5) is 30.7. The fraction of sp³-hybridized carbons (Fsp3) is 0.286. The van der Waals surface area contributed by atoms with E-state index >= 15 is 0 Å². The van der Waals surface area contributed by atoms with Crippen LogP contribution in [0.15, 0.2) is 60.7 Å². The molecule has 1 fully saturated rings. The third-order valence-electron chi connectivity index (χ3n) is 4.26. The molecule has 0 aromatic heterocycles. The number of benzene rings is 2. The molecule has 2 aromatic carbocycles. The van der Waals surface area contributed by atoms with Gasteiger partial charge in [0.1, 0.15) is 6.07 Å². The van der Waals surface area contributed by atoms with Crippen molar-refractivity contribution in [3.8, 4) is 6.07 Å². The van der Waals surface area contributed by atoms with Crippen LogP contribution in [0.5, 0.6) is 0 Å². The molecule has 0 amide bonds. The molecule has 0 spiro atoms. The SMILES string of the molecule is CCOC(=O)[C@H]1[C@H](OC(=O)c2ccccc2)[C@H](C#N)ON1Cc1ccccc1. The molecular weight excluding hydrogens is 360 g/mol. The fourth-order valence-corrected chi connectivity index (χ4v) is 2.97. The van der Waals surface area contributed by atoms with Gasteiger partial charge in [-0.05, 0) is 24.6 Å². The van der Waals surface area contributed by atoms with Gasteiger partial charge in [0.05, 0.1) is 18.7 Å². The molecule has 7 heteroatoms. The molecule has 1 aliphatic heterocycles. The van der Waals surface area contributed by atoms with Gasteiger partial charge < -0.3 is 9.47 Å². The lowest BCUT2D eigenvalue weighted by molar-refractivity contribution is -0.180. The molecule has 144 valence electrons. The molecule has 7 nitrogen and oxygen atoms in total. The van der Waals surface area contributed by atoms with Gasteiger partial charge in [0.25, 0.3) is 0 Å². The summed E-state index contributed by atoms with van der Waals surface area (Å²) < 4.78 is 10.7. The van der Waals surface area contributed by atoms with E-state index in [2.05, 4.69) is 0 Å². The van der Waals surface area contributed by atoms with Crippen LogP contribution in [0.3, 0.4) is 0 Å². The molecule has 3 rings (SSSR count). The summed E-state index contributed by atoms with van der Waals surface area (Å²) in [6.45, 7) is 2.08. The van der Waals surface area contributed by atoms with Crippen LogP contribution in [0.25, 0.3) is 0 Å². The Hall–Kier alpha value is -3.21. The molecule has 1 aliphatic rings. The van der Waals surface area contributed by atoms with Crippen molar-refractivity contribution < 1.29 is 23.9 Å². The first-order chi connectivity index (χ1) is 13.6. The normalized spacial score (nSPS) is 21.6. The number of hydroxylamine groups is 2. The molecule has 0 radical (unpaired) electrons. The largest absolute Gasteiger partial charge is 0.465 e. The molecule has 28 heavy (non-hydrogen) atoms. The minimum absolute atomic E-state index is 0.158. The summed E-state index contributed by atoms with van der Waals surface area (Å²) in [5, 5.41) is 10.8. The fourth-order valence-electron chi connectivity index (χ4n) is 2.97. The summed E-state index contributed by atoms with van der Waals surface area (Å²) in [6.07, 6.45) is -2.23. The van der Waals surface area contributed by atoms with Gasteiger partial charge in [-0.3, -0.25) is 9.63 Å². The number of hydrogen-bond donors (Lipinski definition) is 0. The summed E-state index contributed by atoms with van der Waals surface area (Å²) in [6, 6.07) is 18.6. The van der Waals surface area contributed by atoms with Crippen molar-refractivity contribution in [2.24, 2.45) is 0 Å². The van der Waals surface area contributed by atoms with Crippen molar-refractivity contribution in [3.63, 3.8) is 0 Å². The number of hydrogen-bond acceptors (Lipinski definition) is 7. The third kappa shape index (κ3) is 4.36. The zero-order valence-electron chi connectivity index (χ0n) is 15.4. The second-order valence-electron chi connectivity index (χ2n) is 6.15. The summed E-state index contributed by atoms with van der Waals surface area (Å²) in [7, 11) is 0. The van der Waals surface area contributed by atoms with Crippen molar-refractivity contribution in [3.05, 3.63) is 71.8 Å². The van der Waals surface area contributed by atoms with Gasteiger partial charge in [0.15, 0.2) is 12.1 Å². The molecule has 0 saturated carbocycles. The van der Waals surface area contributed by atoms with Crippen molar-refractivity contribution >= 4 is 11.9 Å². The van der Waals surface area contributed by atoms with Gasteiger partial charge in [-0.15, -0.1) is 0 Å². The third-order valence-corrected chi connectivity index (χ3v) is 4.26. The zero-order chi connectivity index (χ0) is 19.9. The number of carbonyl (C=O) groups is 2. The Morgan fingerprint density at radius 2 is 1.75 bits per heavy atom. The number of ether oxygens (including phenoxy) is 2. The van der Waals surface area contributed by atoms with Crippen LogP contribution >= 0.6 is 0 Å². The Balaban J connectivity index is 1.85. The van der Waals surface area contributed by atoms with E-state index in [1.807, 2.05) is 36.4 Å². The van der Waals surface area contributed by atoms with Crippen LogP contribution in [-0.2, 0) is 25.7 Å². The second kappa shape index (κ2) is 9.13. The lowest BCUT2D eigenvalue weighted by atomic mass is 10.1.